The fraction of sp³-hybridized carbons (Fsp3) is 0.333. The lowest BCUT2D eigenvalue weighted by Crippen LogP contribution is -2.58. The Labute approximate surface area is 271 Å². The van der Waals surface area contributed by atoms with Crippen LogP contribution in [0.1, 0.15) is 29.5 Å². The van der Waals surface area contributed by atoms with Crippen LogP contribution >= 0.6 is 0 Å². The van der Waals surface area contributed by atoms with E-state index < -0.39 is 67.1 Å². The summed E-state index contributed by atoms with van der Waals surface area (Å²) in [4.78, 5) is 52.6. The lowest BCUT2D eigenvalue weighted by atomic mass is 10.0. The van der Waals surface area contributed by atoms with Gasteiger partial charge in [-0.3, -0.25) is 19.2 Å². The third-order valence-corrected chi connectivity index (χ3v) is 7.22. The van der Waals surface area contributed by atoms with Crippen molar-refractivity contribution in [1.29, 1.82) is 0 Å². The summed E-state index contributed by atoms with van der Waals surface area (Å²) in [5.41, 5.74) is 1.60. The summed E-state index contributed by atoms with van der Waals surface area (Å²) in [6, 6.07) is 16.7. The van der Waals surface area contributed by atoms with Gasteiger partial charge in [-0.15, -0.1) is 0 Å². The Kier molecular flexibility index (Phi) is 11.7. The van der Waals surface area contributed by atoms with Crippen LogP contribution in [-0.2, 0) is 38.4 Å². The average Bonchev–Trinajstić information content (AvgIpc) is 3.00. The predicted octanol–water partition coefficient (Wildman–Crippen LogP) is 4.30. The summed E-state index contributed by atoms with van der Waals surface area (Å²) in [5, 5.41) is 8.77. The first kappa shape index (κ1) is 35.8. The molecule has 0 saturated heterocycles. The molecule has 1 aliphatic heterocycles. The summed E-state index contributed by atoms with van der Waals surface area (Å²) in [5.74, 6) is -4.02. The Balaban J connectivity index is 1.72. The molecule has 3 atom stereocenters. The zero-order valence-corrected chi connectivity index (χ0v) is 25.3. The number of ether oxygens (including phenoxy) is 1. The molecule has 3 aromatic rings. The highest BCUT2D eigenvalue weighted by Crippen LogP contribution is 2.25. The van der Waals surface area contributed by atoms with E-state index >= 15 is 0 Å². The van der Waals surface area contributed by atoms with E-state index in [1.807, 2.05) is 0 Å². The van der Waals surface area contributed by atoms with Crippen molar-refractivity contribution < 1.29 is 50.3 Å². The highest BCUT2D eigenvalue weighted by molar-refractivity contribution is 5.94. The Morgan fingerprint density at radius 1 is 0.771 bits per heavy atom. The smallest absolute Gasteiger partial charge is 0.405 e. The average molecular weight is 679 g/mol. The van der Waals surface area contributed by atoms with Gasteiger partial charge in [0.05, 0.1) is 0 Å². The van der Waals surface area contributed by atoms with E-state index in [9.17, 15) is 45.5 Å². The topological polar surface area (TPSA) is 126 Å². The number of nitrogens with one attached hydrogen (secondary N) is 4. The summed E-state index contributed by atoms with van der Waals surface area (Å²) >= 11 is 0. The zero-order chi connectivity index (χ0) is 34.9. The molecule has 0 unspecified atom stereocenters. The minimum absolute atomic E-state index is 0.0689. The van der Waals surface area contributed by atoms with Crippen LogP contribution in [0.2, 0.25) is 0 Å². The molecule has 0 spiro atoms. The summed E-state index contributed by atoms with van der Waals surface area (Å²) in [7, 11) is 0. The van der Waals surface area contributed by atoms with Crippen molar-refractivity contribution in [3.05, 3.63) is 95.6 Å². The van der Waals surface area contributed by atoms with Crippen molar-refractivity contribution in [2.75, 3.05) is 6.54 Å². The minimum atomic E-state index is -4.86. The van der Waals surface area contributed by atoms with Crippen LogP contribution < -0.4 is 26.0 Å². The molecular weight excluding hydrogens is 646 g/mol. The second-order valence-corrected chi connectivity index (χ2v) is 11.2. The number of rotatable bonds is 7. The maximum atomic E-state index is 13.7. The molecule has 3 aromatic carbocycles. The van der Waals surface area contributed by atoms with Crippen molar-refractivity contribution in [2.45, 2.75) is 62.6 Å². The van der Waals surface area contributed by atoms with Gasteiger partial charge in [0.1, 0.15) is 42.6 Å². The highest BCUT2D eigenvalue weighted by atomic mass is 19.4. The van der Waals surface area contributed by atoms with Gasteiger partial charge >= 0.3 is 12.4 Å². The van der Waals surface area contributed by atoms with Gasteiger partial charge in [0.25, 0.3) is 0 Å². The van der Waals surface area contributed by atoms with Crippen molar-refractivity contribution in [2.24, 2.45) is 0 Å². The van der Waals surface area contributed by atoms with Gasteiger partial charge in [-0.2, -0.15) is 26.3 Å². The first-order valence-corrected chi connectivity index (χ1v) is 14.8. The fourth-order valence-electron chi connectivity index (χ4n) is 5.01. The monoisotopic (exact) mass is 678 g/mol. The van der Waals surface area contributed by atoms with E-state index in [0.717, 1.165) is 5.56 Å². The maximum absolute atomic E-state index is 13.7. The second kappa shape index (κ2) is 15.7. The molecule has 9 nitrogen and oxygen atoms in total. The first-order valence-electron chi connectivity index (χ1n) is 14.8. The van der Waals surface area contributed by atoms with Crippen LogP contribution in [0, 0.1) is 0 Å². The van der Waals surface area contributed by atoms with Crippen LogP contribution in [0.4, 0.5) is 26.3 Å². The third kappa shape index (κ3) is 11.6. The van der Waals surface area contributed by atoms with E-state index in [2.05, 4.69) is 16.0 Å². The lowest BCUT2D eigenvalue weighted by Gasteiger charge is -2.26. The van der Waals surface area contributed by atoms with Gasteiger partial charge in [0, 0.05) is 12.8 Å². The first-order chi connectivity index (χ1) is 22.6. The van der Waals surface area contributed by atoms with E-state index in [1.165, 1.54) is 12.1 Å². The van der Waals surface area contributed by atoms with E-state index in [1.54, 1.807) is 72.0 Å². The Hall–Kier alpha value is -5.08. The van der Waals surface area contributed by atoms with Crippen molar-refractivity contribution in [1.82, 2.24) is 21.3 Å². The number of carbonyl (C=O) groups is 4. The van der Waals surface area contributed by atoms with Gasteiger partial charge in [-0.05, 0) is 53.8 Å². The second-order valence-electron chi connectivity index (χ2n) is 11.2. The number of amides is 4. The van der Waals surface area contributed by atoms with Crippen LogP contribution in [0.3, 0.4) is 0 Å². The van der Waals surface area contributed by atoms with E-state index in [4.69, 9.17) is 4.74 Å². The quantitative estimate of drug-likeness (QED) is 0.278. The van der Waals surface area contributed by atoms with Crippen molar-refractivity contribution in [3.63, 3.8) is 0 Å². The van der Waals surface area contributed by atoms with Gasteiger partial charge < -0.3 is 26.0 Å². The molecule has 256 valence electrons. The number of hydrogen-bond donors (Lipinski definition) is 4. The normalized spacial score (nSPS) is 18.9. The number of halogens is 6. The lowest BCUT2D eigenvalue weighted by molar-refractivity contribution is -0.155. The molecule has 0 fully saturated rings. The number of carbonyl (C=O) groups excluding carboxylic acids is 4. The molecule has 1 heterocycles. The van der Waals surface area contributed by atoms with Gasteiger partial charge in [-0.1, -0.05) is 54.6 Å². The third-order valence-electron chi connectivity index (χ3n) is 7.22. The molecule has 0 radical (unpaired) electrons. The molecule has 4 rings (SSSR count). The largest absolute Gasteiger partial charge is 0.457 e. The van der Waals surface area contributed by atoms with E-state index in [-0.39, 0.29) is 37.2 Å². The van der Waals surface area contributed by atoms with Crippen LogP contribution in [-0.4, -0.2) is 60.7 Å². The molecule has 15 heteroatoms. The summed E-state index contributed by atoms with van der Waals surface area (Å²) in [6.07, 6.45) is -11.9. The molecule has 4 N–H and O–H groups in total. The molecule has 1 aliphatic rings. The highest BCUT2D eigenvalue weighted by Gasteiger charge is 2.35. The molecular formula is C33H32F6N4O5. The number of alkyl halides is 6. The van der Waals surface area contributed by atoms with E-state index in [0.29, 0.717) is 11.1 Å². The van der Waals surface area contributed by atoms with Crippen LogP contribution in [0.5, 0.6) is 11.5 Å². The maximum Gasteiger partial charge on any atom is 0.405 e. The summed E-state index contributed by atoms with van der Waals surface area (Å²) < 4.78 is 83.8. The minimum Gasteiger partial charge on any atom is -0.457 e. The molecule has 0 aliphatic carbocycles. The number of benzene rings is 3. The molecule has 4 amide bonds. The SMILES string of the molecule is O=C(CC(F)(F)F)N[C@H]1Cc2cccc(c2)Oc2cccc(c2)C[C@@H](C(=O)NCC(F)(F)F)NC(=O)[C@H](CCc2ccccc2)NC1=O. The Morgan fingerprint density at radius 2 is 1.40 bits per heavy atom. The van der Waals surface area contributed by atoms with Crippen molar-refractivity contribution in [3.8, 4) is 11.5 Å². The number of fused-ring (bicyclic) bond motifs is 4. The Bertz CT molecular complexity index is 1600. The molecule has 0 aromatic heterocycles. The standard InChI is InChI=1S/C33H32F6N4O5/c34-32(35,36)18-28(44)41-27-17-22-9-5-11-24(15-22)48-23-10-4-8-21(14-23)16-26(29(45)40-19-33(37,38)39)43-30(46)25(42-31(27)47)13-12-20-6-2-1-3-7-20/h1-11,14-15,25-27H,12-13,16-19H2,(H,40,45)(H,41,44)(H,42,47)(H,43,46)/t25-,26-,27-/m0/s1. The molecule has 48 heavy (non-hydrogen) atoms. The Morgan fingerprint density at radius 3 is 2.00 bits per heavy atom. The zero-order valence-electron chi connectivity index (χ0n) is 25.3. The van der Waals surface area contributed by atoms with Crippen LogP contribution in [0.25, 0.3) is 0 Å². The number of aryl methyl sites for hydroxylation is 1. The fourth-order valence-corrected chi connectivity index (χ4v) is 5.01. The van der Waals surface area contributed by atoms with Crippen molar-refractivity contribution >= 4 is 23.6 Å². The molecule has 0 saturated carbocycles. The van der Waals surface area contributed by atoms with Gasteiger partial charge in [0.15, 0.2) is 0 Å². The number of hydrogen-bond acceptors (Lipinski definition) is 5. The predicted molar refractivity (Wildman–Crippen MR) is 161 cm³/mol. The molecule has 4 bridgehead atoms. The summed E-state index contributed by atoms with van der Waals surface area (Å²) in [6.45, 7) is -1.66. The van der Waals surface area contributed by atoms with Gasteiger partial charge in [0.2, 0.25) is 23.6 Å². The van der Waals surface area contributed by atoms with Gasteiger partial charge in [-0.25, -0.2) is 0 Å². The van der Waals surface area contributed by atoms with Crippen LogP contribution in [0.15, 0.2) is 78.9 Å².